The molecule has 3 rings (SSSR count). The van der Waals surface area contributed by atoms with Crippen LogP contribution in [0.1, 0.15) is 24.2 Å². The van der Waals surface area contributed by atoms with Crippen LogP contribution < -0.4 is 10.1 Å². The number of carbonyl (C=O) groups is 1. The third-order valence-electron chi connectivity index (χ3n) is 3.00. The molecule has 1 aromatic heterocycles. The minimum absolute atomic E-state index is 0.109. The Balaban J connectivity index is 1.73. The summed E-state index contributed by atoms with van der Waals surface area (Å²) in [6, 6.07) is 12.6. The van der Waals surface area contributed by atoms with Gasteiger partial charge in [-0.15, -0.1) is 0 Å². The van der Waals surface area contributed by atoms with Crippen molar-refractivity contribution in [2.24, 2.45) is 0 Å². The summed E-state index contributed by atoms with van der Waals surface area (Å²) in [5, 5.41) is 2.86. The van der Waals surface area contributed by atoms with E-state index in [-0.39, 0.29) is 12.0 Å². The first-order valence-corrected chi connectivity index (χ1v) is 7.65. The molecule has 0 saturated heterocycles. The molecular formula is C16H15N3O2S. The molecule has 1 amide bonds. The normalized spacial score (nSPS) is 10.9. The van der Waals surface area contributed by atoms with Crippen molar-refractivity contribution >= 4 is 34.4 Å². The zero-order valence-corrected chi connectivity index (χ0v) is 13.1. The van der Waals surface area contributed by atoms with Crippen LogP contribution in [0, 0.1) is 0 Å². The van der Waals surface area contributed by atoms with Gasteiger partial charge in [0.05, 0.1) is 17.8 Å². The lowest BCUT2D eigenvalue weighted by Gasteiger charge is -2.10. The molecule has 0 unspecified atom stereocenters. The van der Waals surface area contributed by atoms with Gasteiger partial charge in [0.25, 0.3) is 5.91 Å². The molecular weight excluding hydrogens is 298 g/mol. The van der Waals surface area contributed by atoms with E-state index in [2.05, 4.69) is 14.1 Å². The Bertz CT molecular complexity index is 797. The van der Waals surface area contributed by atoms with Gasteiger partial charge in [-0.05, 0) is 56.3 Å². The fourth-order valence-corrected chi connectivity index (χ4v) is 2.54. The summed E-state index contributed by atoms with van der Waals surface area (Å²) < 4.78 is 13.9. The first-order valence-electron chi connectivity index (χ1n) is 6.92. The van der Waals surface area contributed by atoms with Crippen LogP contribution in [0.2, 0.25) is 0 Å². The molecule has 0 aliphatic carbocycles. The van der Waals surface area contributed by atoms with Gasteiger partial charge in [0.15, 0.2) is 0 Å². The highest BCUT2D eigenvalue weighted by Crippen LogP contribution is 2.19. The van der Waals surface area contributed by atoms with E-state index in [0.717, 1.165) is 28.5 Å². The molecule has 0 fully saturated rings. The maximum Gasteiger partial charge on any atom is 0.255 e. The molecule has 0 bridgehead atoms. The van der Waals surface area contributed by atoms with Crippen molar-refractivity contribution in [2.45, 2.75) is 20.0 Å². The molecule has 0 atom stereocenters. The van der Waals surface area contributed by atoms with Gasteiger partial charge in [0.1, 0.15) is 16.8 Å². The lowest BCUT2D eigenvalue weighted by Crippen LogP contribution is -2.12. The van der Waals surface area contributed by atoms with E-state index in [9.17, 15) is 4.79 Å². The summed E-state index contributed by atoms with van der Waals surface area (Å²) in [5.74, 6) is 0.583. The molecule has 1 N–H and O–H groups in total. The Hall–Kier alpha value is -2.47. The van der Waals surface area contributed by atoms with Crippen LogP contribution in [0.4, 0.5) is 5.69 Å². The van der Waals surface area contributed by atoms with Crippen LogP contribution in [0.3, 0.4) is 0 Å². The monoisotopic (exact) mass is 313 g/mol. The Labute approximate surface area is 132 Å². The minimum Gasteiger partial charge on any atom is -0.491 e. The second-order valence-corrected chi connectivity index (χ2v) is 5.64. The Kier molecular flexibility index (Phi) is 4.02. The molecule has 0 aliphatic rings. The van der Waals surface area contributed by atoms with Crippen LogP contribution in [0.5, 0.6) is 5.75 Å². The number of hydrogen-bond acceptors (Lipinski definition) is 5. The maximum absolute atomic E-state index is 12.2. The summed E-state index contributed by atoms with van der Waals surface area (Å²) >= 11 is 1.16. The number of amides is 1. The average molecular weight is 313 g/mol. The summed E-state index contributed by atoms with van der Waals surface area (Å²) in [6.45, 7) is 3.92. The van der Waals surface area contributed by atoms with Gasteiger partial charge in [0.2, 0.25) is 0 Å². The van der Waals surface area contributed by atoms with Crippen molar-refractivity contribution in [1.29, 1.82) is 0 Å². The molecule has 2 aromatic carbocycles. The van der Waals surface area contributed by atoms with E-state index in [1.807, 2.05) is 32.0 Å². The van der Waals surface area contributed by atoms with Crippen molar-refractivity contribution in [1.82, 2.24) is 8.75 Å². The molecule has 6 heteroatoms. The number of aromatic nitrogens is 2. The lowest BCUT2D eigenvalue weighted by molar-refractivity contribution is 0.102. The summed E-state index contributed by atoms with van der Waals surface area (Å²) in [6.07, 6.45) is 0.109. The van der Waals surface area contributed by atoms with Gasteiger partial charge < -0.3 is 10.1 Å². The molecule has 5 nitrogen and oxygen atoms in total. The number of nitrogens with zero attached hydrogens (tertiary/aromatic N) is 2. The van der Waals surface area contributed by atoms with Crippen LogP contribution in [0.25, 0.3) is 11.0 Å². The highest BCUT2D eigenvalue weighted by molar-refractivity contribution is 7.00. The lowest BCUT2D eigenvalue weighted by atomic mass is 10.2. The summed E-state index contributed by atoms with van der Waals surface area (Å²) in [4.78, 5) is 12.2. The number of fused-ring (bicyclic) bond motifs is 1. The summed E-state index contributed by atoms with van der Waals surface area (Å²) in [5.41, 5.74) is 2.89. The number of carbonyl (C=O) groups excluding carboxylic acids is 1. The van der Waals surface area contributed by atoms with Gasteiger partial charge in [-0.3, -0.25) is 4.79 Å². The van der Waals surface area contributed by atoms with Gasteiger partial charge in [-0.25, -0.2) is 0 Å². The molecule has 22 heavy (non-hydrogen) atoms. The van der Waals surface area contributed by atoms with E-state index in [0.29, 0.717) is 11.3 Å². The average Bonchev–Trinajstić information content (AvgIpc) is 2.95. The van der Waals surface area contributed by atoms with E-state index < -0.39 is 0 Å². The number of rotatable bonds is 4. The molecule has 112 valence electrons. The van der Waals surface area contributed by atoms with Gasteiger partial charge in [-0.1, -0.05) is 0 Å². The second-order valence-electron chi connectivity index (χ2n) is 5.11. The Morgan fingerprint density at radius 3 is 2.55 bits per heavy atom. The second kappa shape index (κ2) is 6.11. The molecule has 0 aliphatic heterocycles. The third-order valence-corrected chi connectivity index (χ3v) is 3.56. The zero-order valence-electron chi connectivity index (χ0n) is 12.2. The number of benzene rings is 2. The highest BCUT2D eigenvalue weighted by atomic mass is 32.1. The smallest absolute Gasteiger partial charge is 0.255 e. The van der Waals surface area contributed by atoms with Crippen molar-refractivity contribution < 1.29 is 9.53 Å². The van der Waals surface area contributed by atoms with Crippen LogP contribution in [-0.4, -0.2) is 20.8 Å². The van der Waals surface area contributed by atoms with Crippen molar-refractivity contribution in [3.05, 3.63) is 48.0 Å². The van der Waals surface area contributed by atoms with Crippen molar-refractivity contribution in [2.75, 3.05) is 5.32 Å². The first-order chi connectivity index (χ1) is 10.6. The largest absolute Gasteiger partial charge is 0.491 e. The Morgan fingerprint density at radius 2 is 1.82 bits per heavy atom. The van der Waals surface area contributed by atoms with Crippen LogP contribution >= 0.6 is 11.7 Å². The SMILES string of the molecule is CC(C)Oc1ccc(C(=O)Nc2ccc3nsnc3c2)cc1. The van der Waals surface area contributed by atoms with Gasteiger partial charge in [0, 0.05) is 11.3 Å². The van der Waals surface area contributed by atoms with Crippen molar-refractivity contribution in [3.63, 3.8) is 0 Å². The van der Waals surface area contributed by atoms with Gasteiger partial charge in [-0.2, -0.15) is 8.75 Å². The number of anilines is 1. The van der Waals surface area contributed by atoms with Crippen molar-refractivity contribution in [3.8, 4) is 5.75 Å². The zero-order chi connectivity index (χ0) is 15.5. The fourth-order valence-electron chi connectivity index (χ4n) is 2.02. The standard InChI is InChI=1S/C16H15N3O2S/c1-10(2)21-13-6-3-11(4-7-13)16(20)17-12-5-8-14-15(9-12)19-22-18-14/h3-10H,1-2H3,(H,17,20). The number of ether oxygens (including phenoxy) is 1. The topological polar surface area (TPSA) is 64.1 Å². The van der Waals surface area contributed by atoms with Crippen LogP contribution in [0.15, 0.2) is 42.5 Å². The predicted molar refractivity (Wildman–Crippen MR) is 87.6 cm³/mol. The molecule has 0 spiro atoms. The van der Waals surface area contributed by atoms with E-state index in [1.54, 1.807) is 24.3 Å². The molecule has 0 radical (unpaired) electrons. The van der Waals surface area contributed by atoms with Gasteiger partial charge >= 0.3 is 0 Å². The van der Waals surface area contributed by atoms with Crippen LogP contribution in [-0.2, 0) is 0 Å². The maximum atomic E-state index is 12.2. The molecule has 3 aromatic rings. The summed E-state index contributed by atoms with van der Waals surface area (Å²) in [7, 11) is 0. The quantitative estimate of drug-likeness (QED) is 0.797. The minimum atomic E-state index is -0.168. The van der Waals surface area contributed by atoms with E-state index >= 15 is 0 Å². The fraction of sp³-hybridized carbons (Fsp3) is 0.188. The highest BCUT2D eigenvalue weighted by Gasteiger charge is 2.08. The molecule has 0 saturated carbocycles. The third kappa shape index (κ3) is 3.23. The number of nitrogens with one attached hydrogen (secondary N) is 1. The Morgan fingerprint density at radius 1 is 1.09 bits per heavy atom. The number of hydrogen-bond donors (Lipinski definition) is 1. The molecule has 1 heterocycles. The van der Waals surface area contributed by atoms with E-state index in [4.69, 9.17) is 4.74 Å². The first kappa shape index (κ1) is 14.5. The van der Waals surface area contributed by atoms with E-state index in [1.165, 1.54) is 0 Å². The predicted octanol–water partition coefficient (Wildman–Crippen LogP) is 3.73.